The molecule has 0 aliphatic heterocycles. The van der Waals surface area contributed by atoms with Crippen LogP contribution in [-0.2, 0) is 11.8 Å². The molecule has 4 rings (SSSR count). The van der Waals surface area contributed by atoms with E-state index in [1.807, 2.05) is 0 Å². The molecule has 0 saturated heterocycles. The van der Waals surface area contributed by atoms with E-state index in [9.17, 15) is 48.7 Å². The zero-order valence-corrected chi connectivity index (χ0v) is 20.2. The highest BCUT2D eigenvalue weighted by Crippen LogP contribution is 2.56. The van der Waals surface area contributed by atoms with Crippen molar-refractivity contribution in [3.63, 3.8) is 0 Å². The van der Waals surface area contributed by atoms with Crippen LogP contribution in [0.3, 0.4) is 0 Å². The Morgan fingerprint density at radius 2 is 1.56 bits per heavy atom. The molecule has 0 radical (unpaired) electrons. The standard InChI is InChI=1S/C24H16ClF10N3O/c1-11-18(7-5-16(19(11)22(27,28)29)21(26,23(30,31)32)24(33,34)35)38-10-13(9-36-38)12-2-6-17(25)15(8-12)20(39)37-14-3-4-14/h2,5-10,14H,3-4H2,1H3,(H,37,39). The summed E-state index contributed by atoms with van der Waals surface area (Å²) in [5, 5.41) is 6.73. The van der Waals surface area contributed by atoms with Crippen LogP contribution in [0.4, 0.5) is 43.9 Å². The smallest absolute Gasteiger partial charge is 0.349 e. The number of alkyl halides is 10. The molecule has 210 valence electrons. The maximum atomic E-state index is 14.7. The summed E-state index contributed by atoms with van der Waals surface area (Å²) in [7, 11) is 0. The van der Waals surface area contributed by atoms with Crippen molar-refractivity contribution >= 4 is 17.5 Å². The SMILES string of the molecule is Cc1c(-n2cc(-c3ccc(Cl)c(C(=O)NC4CC4)c3)cn2)ccc(C(F)(C(F)(F)F)C(F)(F)F)c1C(F)(F)F. The lowest BCUT2D eigenvalue weighted by Gasteiger charge is -2.33. The van der Waals surface area contributed by atoms with Crippen molar-refractivity contribution in [2.24, 2.45) is 0 Å². The molecule has 0 unspecified atom stereocenters. The third kappa shape index (κ3) is 5.18. The van der Waals surface area contributed by atoms with Crippen molar-refractivity contribution < 1.29 is 48.7 Å². The van der Waals surface area contributed by atoms with Crippen LogP contribution < -0.4 is 5.32 Å². The molecular formula is C24H16ClF10N3O. The lowest BCUT2D eigenvalue weighted by atomic mass is 9.86. The molecule has 2 aromatic carbocycles. The van der Waals surface area contributed by atoms with Crippen LogP contribution in [0.15, 0.2) is 42.7 Å². The van der Waals surface area contributed by atoms with Gasteiger partial charge >= 0.3 is 24.2 Å². The van der Waals surface area contributed by atoms with E-state index in [4.69, 9.17) is 11.6 Å². The third-order valence-corrected chi connectivity index (χ3v) is 6.49. The first-order valence-corrected chi connectivity index (χ1v) is 11.4. The highest BCUT2D eigenvalue weighted by molar-refractivity contribution is 6.34. The van der Waals surface area contributed by atoms with E-state index in [1.54, 1.807) is 0 Å². The van der Waals surface area contributed by atoms with Crippen LogP contribution in [-0.4, -0.2) is 34.1 Å². The van der Waals surface area contributed by atoms with Crippen LogP contribution in [0.5, 0.6) is 0 Å². The minimum absolute atomic E-state index is 0.0199. The first kappa shape index (κ1) is 28.7. The predicted octanol–water partition coefficient (Wildman–Crippen LogP) is 7.70. The number of hydrogen-bond acceptors (Lipinski definition) is 2. The van der Waals surface area contributed by atoms with E-state index in [1.165, 1.54) is 18.2 Å². The van der Waals surface area contributed by atoms with Gasteiger partial charge in [0.25, 0.3) is 5.91 Å². The lowest BCUT2D eigenvalue weighted by molar-refractivity contribution is -0.349. The Morgan fingerprint density at radius 1 is 0.949 bits per heavy atom. The fourth-order valence-corrected chi connectivity index (χ4v) is 4.24. The second-order valence-electron chi connectivity index (χ2n) is 8.90. The molecule has 1 saturated carbocycles. The molecule has 1 aliphatic rings. The summed E-state index contributed by atoms with van der Waals surface area (Å²) in [5.74, 6) is -0.456. The number of nitrogens with zero attached hydrogens (tertiary/aromatic N) is 2. The van der Waals surface area contributed by atoms with Crippen LogP contribution in [0.25, 0.3) is 16.8 Å². The van der Waals surface area contributed by atoms with E-state index < -0.39 is 52.5 Å². The third-order valence-electron chi connectivity index (χ3n) is 6.16. The zero-order chi connectivity index (χ0) is 29.1. The average Bonchev–Trinajstić information content (AvgIpc) is 3.48. The summed E-state index contributed by atoms with van der Waals surface area (Å²) in [6.45, 7) is 0.610. The van der Waals surface area contributed by atoms with E-state index in [-0.39, 0.29) is 28.3 Å². The van der Waals surface area contributed by atoms with Gasteiger partial charge in [0.2, 0.25) is 0 Å². The van der Waals surface area contributed by atoms with Gasteiger partial charge in [-0.25, -0.2) is 9.07 Å². The van der Waals surface area contributed by atoms with Gasteiger partial charge in [-0.1, -0.05) is 23.7 Å². The summed E-state index contributed by atoms with van der Waals surface area (Å²) in [6.07, 6.45) is -15.4. The monoisotopic (exact) mass is 587 g/mol. The fraction of sp³-hybridized carbons (Fsp3) is 0.333. The molecule has 0 atom stereocenters. The molecule has 3 aromatic rings. The molecule has 0 spiro atoms. The first-order valence-electron chi connectivity index (χ1n) is 11.1. The molecule has 15 heteroatoms. The van der Waals surface area contributed by atoms with E-state index in [0.29, 0.717) is 18.6 Å². The van der Waals surface area contributed by atoms with Crippen LogP contribution >= 0.6 is 11.6 Å². The number of carbonyl (C=O) groups is 1. The molecule has 39 heavy (non-hydrogen) atoms. The number of nitrogens with one attached hydrogen (secondary N) is 1. The number of rotatable bonds is 5. The number of halogens is 11. The summed E-state index contributed by atoms with van der Waals surface area (Å²) < 4.78 is 137. The minimum atomic E-state index is -6.74. The molecule has 1 N–H and O–H groups in total. The molecule has 0 bridgehead atoms. The Hall–Kier alpha value is -3.29. The van der Waals surface area contributed by atoms with Crippen molar-refractivity contribution in [3.8, 4) is 16.8 Å². The topological polar surface area (TPSA) is 46.9 Å². The van der Waals surface area contributed by atoms with E-state index in [0.717, 1.165) is 29.9 Å². The van der Waals surface area contributed by atoms with Gasteiger partial charge < -0.3 is 5.32 Å². The Bertz CT molecular complexity index is 1410. The molecule has 1 amide bonds. The summed E-state index contributed by atoms with van der Waals surface area (Å²) >= 11 is 6.10. The summed E-state index contributed by atoms with van der Waals surface area (Å²) in [6, 6.07) is 4.56. The zero-order valence-electron chi connectivity index (χ0n) is 19.5. The molecule has 4 nitrogen and oxygen atoms in total. The molecular weight excluding hydrogens is 572 g/mol. The Balaban J connectivity index is 1.81. The van der Waals surface area contributed by atoms with Gasteiger partial charge in [0.1, 0.15) is 0 Å². The Kier molecular flexibility index (Phi) is 6.93. The van der Waals surface area contributed by atoms with Gasteiger partial charge in [-0.3, -0.25) is 4.79 Å². The minimum Gasteiger partial charge on any atom is -0.349 e. The highest BCUT2D eigenvalue weighted by atomic mass is 35.5. The molecule has 1 aliphatic carbocycles. The molecule has 1 heterocycles. The highest BCUT2D eigenvalue weighted by Gasteiger charge is 2.75. The van der Waals surface area contributed by atoms with Crippen molar-refractivity contribution in [2.75, 3.05) is 0 Å². The van der Waals surface area contributed by atoms with E-state index >= 15 is 0 Å². The second kappa shape index (κ2) is 9.42. The number of aromatic nitrogens is 2. The van der Waals surface area contributed by atoms with Crippen LogP contribution in [0.2, 0.25) is 5.02 Å². The normalized spacial score (nSPS) is 15.0. The van der Waals surface area contributed by atoms with Gasteiger partial charge in [0.05, 0.1) is 28.0 Å². The maximum Gasteiger partial charge on any atom is 0.435 e. The maximum absolute atomic E-state index is 14.7. The summed E-state index contributed by atoms with van der Waals surface area (Å²) in [5.41, 5.74) is -12.3. The number of amides is 1. The second-order valence-corrected chi connectivity index (χ2v) is 9.31. The lowest BCUT2D eigenvalue weighted by Crippen LogP contribution is -2.51. The van der Waals surface area contributed by atoms with Crippen molar-refractivity contribution in [3.05, 3.63) is 70.0 Å². The largest absolute Gasteiger partial charge is 0.435 e. The molecule has 1 aromatic heterocycles. The van der Waals surface area contributed by atoms with Gasteiger partial charge in [-0.05, 0) is 49.1 Å². The average molecular weight is 588 g/mol. The van der Waals surface area contributed by atoms with Gasteiger partial charge in [0, 0.05) is 23.4 Å². The predicted molar refractivity (Wildman–Crippen MR) is 119 cm³/mol. The van der Waals surface area contributed by atoms with Crippen LogP contribution in [0.1, 0.15) is 39.9 Å². The van der Waals surface area contributed by atoms with Gasteiger partial charge in [0.15, 0.2) is 0 Å². The van der Waals surface area contributed by atoms with Crippen molar-refractivity contribution in [1.82, 2.24) is 15.1 Å². The Morgan fingerprint density at radius 3 is 2.10 bits per heavy atom. The van der Waals surface area contributed by atoms with Crippen molar-refractivity contribution in [1.29, 1.82) is 0 Å². The quantitative estimate of drug-likeness (QED) is 0.311. The number of carbonyl (C=O) groups excluding carboxylic acids is 1. The summed E-state index contributed by atoms with van der Waals surface area (Å²) in [4.78, 5) is 12.4. The Labute approximate surface area is 218 Å². The van der Waals surface area contributed by atoms with Gasteiger partial charge in [-0.2, -0.15) is 44.6 Å². The number of hydrogen-bond donors (Lipinski definition) is 1. The van der Waals surface area contributed by atoms with Crippen LogP contribution in [0, 0.1) is 6.92 Å². The first-order chi connectivity index (χ1) is 17.9. The van der Waals surface area contributed by atoms with Gasteiger partial charge in [-0.15, -0.1) is 0 Å². The van der Waals surface area contributed by atoms with E-state index in [2.05, 4.69) is 10.4 Å². The number of benzene rings is 2. The fourth-order valence-electron chi connectivity index (χ4n) is 4.04. The molecule has 1 fully saturated rings. The van der Waals surface area contributed by atoms with Crippen molar-refractivity contribution in [2.45, 2.75) is 50.0 Å².